The van der Waals surface area contributed by atoms with Crippen LogP contribution < -0.4 is 20.1 Å². The van der Waals surface area contributed by atoms with Crippen molar-refractivity contribution in [1.29, 1.82) is 0 Å². The number of aromatic amines is 1. The highest BCUT2D eigenvalue weighted by Crippen LogP contribution is 2.23. The Morgan fingerprint density at radius 3 is 2.46 bits per heavy atom. The molecule has 3 N–H and O–H groups in total. The van der Waals surface area contributed by atoms with Crippen LogP contribution in [-0.4, -0.2) is 37.6 Å². The van der Waals surface area contributed by atoms with Crippen molar-refractivity contribution < 1.29 is 14.3 Å². The lowest BCUT2D eigenvalue weighted by Crippen LogP contribution is -2.36. The number of H-pyrrole nitrogens is 1. The number of anilines is 1. The van der Waals surface area contributed by atoms with Gasteiger partial charge in [0.1, 0.15) is 11.5 Å². The first-order chi connectivity index (χ1) is 17.0. The second-order valence-corrected chi connectivity index (χ2v) is 8.34. The number of aromatic nitrogens is 1. The molecule has 1 heterocycles. The molecule has 4 rings (SSSR count). The maximum atomic E-state index is 13.2. The number of fused-ring (bicyclic) bond motifs is 1. The highest BCUT2D eigenvalue weighted by atomic mass is 16.5. The molecule has 0 aliphatic carbocycles. The fraction of sp³-hybridized carbons (Fsp3) is 0.214. The second kappa shape index (κ2) is 10.8. The summed E-state index contributed by atoms with van der Waals surface area (Å²) in [5.74, 6) is 1.14. The summed E-state index contributed by atoms with van der Waals surface area (Å²) in [6.07, 6.45) is 2.74. The minimum absolute atomic E-state index is 0.314. The summed E-state index contributed by atoms with van der Waals surface area (Å²) in [4.78, 5) is 21.2. The normalized spacial score (nSPS) is 11.4. The number of aliphatic imine (C=N–C) groups is 1. The Labute approximate surface area is 205 Å². The molecule has 0 fully saturated rings. The van der Waals surface area contributed by atoms with Gasteiger partial charge in [-0.2, -0.15) is 0 Å². The van der Waals surface area contributed by atoms with Gasteiger partial charge in [-0.3, -0.25) is 15.1 Å². The van der Waals surface area contributed by atoms with Crippen molar-refractivity contribution in [3.05, 3.63) is 89.1 Å². The minimum atomic E-state index is -0.314. The summed E-state index contributed by atoms with van der Waals surface area (Å²) in [5.41, 5.74) is 5.74. The topological polar surface area (TPSA) is 87.7 Å². The van der Waals surface area contributed by atoms with E-state index >= 15 is 0 Å². The highest BCUT2D eigenvalue weighted by molar-refractivity contribution is 6.10. The molecule has 0 unspecified atom stereocenters. The van der Waals surface area contributed by atoms with Gasteiger partial charge in [0.25, 0.3) is 5.91 Å². The molecule has 1 amide bonds. The number of nitrogens with zero attached hydrogens (tertiary/aromatic N) is 1. The van der Waals surface area contributed by atoms with Gasteiger partial charge in [0.15, 0.2) is 0 Å². The van der Waals surface area contributed by atoms with Crippen LogP contribution in [0.3, 0.4) is 0 Å². The molecule has 4 aromatic rings. The van der Waals surface area contributed by atoms with Gasteiger partial charge in [0, 0.05) is 41.0 Å². The van der Waals surface area contributed by atoms with Gasteiger partial charge in [-0.25, -0.2) is 0 Å². The van der Waals surface area contributed by atoms with E-state index in [1.807, 2.05) is 44.3 Å². The molecule has 0 aliphatic heterocycles. The first kappa shape index (κ1) is 23.9. The molecule has 3 aromatic carbocycles. The number of aryl methyl sites for hydroxylation is 2. The molecule has 0 saturated carbocycles. The Kier molecular flexibility index (Phi) is 7.35. The number of amides is 1. The number of benzene rings is 3. The molecule has 0 atom stereocenters. The van der Waals surface area contributed by atoms with Crippen LogP contribution in [0.25, 0.3) is 10.9 Å². The summed E-state index contributed by atoms with van der Waals surface area (Å²) in [5, 5.41) is 7.42. The van der Waals surface area contributed by atoms with E-state index in [0.717, 1.165) is 28.8 Å². The third-order valence-corrected chi connectivity index (χ3v) is 5.82. The van der Waals surface area contributed by atoms with Crippen LogP contribution in [0.1, 0.15) is 27.0 Å². The second-order valence-electron chi connectivity index (χ2n) is 8.34. The van der Waals surface area contributed by atoms with Crippen molar-refractivity contribution in [3.63, 3.8) is 0 Å². The molecule has 1 aromatic heterocycles. The van der Waals surface area contributed by atoms with Gasteiger partial charge < -0.3 is 19.8 Å². The van der Waals surface area contributed by atoms with Crippen LogP contribution in [0.4, 0.5) is 5.69 Å². The molecule has 7 nitrogen and oxygen atoms in total. The largest absolute Gasteiger partial charge is 0.497 e. The van der Waals surface area contributed by atoms with Gasteiger partial charge >= 0.3 is 0 Å². The molecule has 0 spiro atoms. The predicted molar refractivity (Wildman–Crippen MR) is 141 cm³/mol. The van der Waals surface area contributed by atoms with E-state index < -0.39 is 0 Å². The fourth-order valence-corrected chi connectivity index (χ4v) is 3.85. The van der Waals surface area contributed by atoms with Crippen molar-refractivity contribution in [2.75, 3.05) is 26.1 Å². The highest BCUT2D eigenvalue weighted by Gasteiger charge is 2.14. The summed E-state index contributed by atoms with van der Waals surface area (Å²) in [7, 11) is 3.10. The monoisotopic (exact) mass is 470 g/mol. The Hall–Kier alpha value is -4.26. The standard InChI is InChI=1S/C28H30N4O3/c1-18-9-10-19(2)26(13-18)31-28(29-12-11-20-17-30-25-8-6-5-7-24(20)25)32-27(33)21-14-22(34-3)16-23(15-21)35-4/h5-10,13-17,30H,11-12H2,1-4H3,(H2,29,31,32,33). The first-order valence-corrected chi connectivity index (χ1v) is 11.4. The van der Waals surface area contributed by atoms with Crippen LogP contribution >= 0.6 is 0 Å². The smallest absolute Gasteiger partial charge is 0.258 e. The van der Waals surface area contributed by atoms with E-state index in [2.05, 4.69) is 33.8 Å². The van der Waals surface area contributed by atoms with E-state index in [1.165, 1.54) is 10.9 Å². The maximum Gasteiger partial charge on any atom is 0.258 e. The van der Waals surface area contributed by atoms with E-state index in [4.69, 9.17) is 14.5 Å². The molecule has 180 valence electrons. The molecule has 7 heteroatoms. The molecule has 35 heavy (non-hydrogen) atoms. The first-order valence-electron chi connectivity index (χ1n) is 11.4. The lowest BCUT2D eigenvalue weighted by Gasteiger charge is -2.15. The van der Waals surface area contributed by atoms with E-state index in [0.29, 0.717) is 29.6 Å². The molecule has 0 saturated heterocycles. The van der Waals surface area contributed by atoms with Crippen LogP contribution in [0, 0.1) is 13.8 Å². The quantitative estimate of drug-likeness (QED) is 0.255. The predicted octanol–water partition coefficient (Wildman–Crippen LogP) is 5.24. The Balaban J connectivity index is 1.58. The van der Waals surface area contributed by atoms with Crippen LogP contribution in [0.5, 0.6) is 11.5 Å². The molecule has 0 bridgehead atoms. The summed E-state index contributed by atoms with van der Waals surface area (Å²) < 4.78 is 10.6. The van der Waals surface area contributed by atoms with Crippen LogP contribution in [0.15, 0.2) is 71.9 Å². The summed E-state index contributed by atoms with van der Waals surface area (Å²) in [6, 6.07) is 19.4. The van der Waals surface area contributed by atoms with E-state index in [9.17, 15) is 4.79 Å². The number of methoxy groups -OCH3 is 2. The number of rotatable bonds is 7. The zero-order valence-corrected chi connectivity index (χ0v) is 20.4. The van der Waals surface area contributed by atoms with E-state index in [-0.39, 0.29) is 5.91 Å². The number of guanidine groups is 1. The van der Waals surface area contributed by atoms with Gasteiger partial charge in [0.2, 0.25) is 5.96 Å². The number of para-hydroxylation sites is 1. The maximum absolute atomic E-state index is 13.2. The molecular weight excluding hydrogens is 440 g/mol. The van der Waals surface area contributed by atoms with Gasteiger partial charge in [-0.05, 0) is 61.2 Å². The minimum Gasteiger partial charge on any atom is -0.497 e. The van der Waals surface area contributed by atoms with Crippen molar-refractivity contribution in [2.45, 2.75) is 20.3 Å². The summed E-state index contributed by atoms with van der Waals surface area (Å²) in [6.45, 7) is 4.54. The molecular formula is C28H30N4O3. The zero-order valence-electron chi connectivity index (χ0n) is 20.4. The average Bonchev–Trinajstić information content (AvgIpc) is 3.28. The Morgan fingerprint density at radius 2 is 1.71 bits per heavy atom. The number of carbonyl (C=O) groups is 1. The number of nitrogens with one attached hydrogen (secondary N) is 3. The van der Waals surface area contributed by atoms with Crippen LogP contribution in [-0.2, 0) is 6.42 Å². The number of ether oxygens (including phenoxy) is 2. The van der Waals surface area contributed by atoms with Crippen molar-refractivity contribution >= 4 is 28.5 Å². The number of hydrogen-bond acceptors (Lipinski definition) is 4. The number of hydrogen-bond donors (Lipinski definition) is 3. The zero-order chi connectivity index (χ0) is 24.8. The fourth-order valence-electron chi connectivity index (χ4n) is 3.85. The van der Waals surface area contributed by atoms with E-state index in [1.54, 1.807) is 32.4 Å². The average molecular weight is 471 g/mol. The molecule has 0 aliphatic rings. The summed E-state index contributed by atoms with van der Waals surface area (Å²) >= 11 is 0. The van der Waals surface area contributed by atoms with Crippen molar-refractivity contribution in [2.24, 2.45) is 4.99 Å². The lowest BCUT2D eigenvalue weighted by atomic mass is 10.1. The van der Waals surface area contributed by atoms with Gasteiger partial charge in [-0.15, -0.1) is 0 Å². The third-order valence-electron chi connectivity index (χ3n) is 5.82. The van der Waals surface area contributed by atoms with Crippen LogP contribution in [0.2, 0.25) is 0 Å². The number of carbonyl (C=O) groups excluding carboxylic acids is 1. The van der Waals surface area contributed by atoms with Gasteiger partial charge in [0.05, 0.1) is 14.2 Å². The SMILES string of the molecule is COc1cc(OC)cc(C(=O)NC(=NCCc2c[nH]c3ccccc23)Nc2cc(C)ccc2C)c1. The Morgan fingerprint density at radius 1 is 0.971 bits per heavy atom. The van der Waals surface area contributed by atoms with Crippen molar-refractivity contribution in [1.82, 2.24) is 10.3 Å². The lowest BCUT2D eigenvalue weighted by molar-refractivity contribution is 0.0976. The third kappa shape index (κ3) is 5.81. The van der Waals surface area contributed by atoms with Gasteiger partial charge in [-0.1, -0.05) is 30.3 Å². The van der Waals surface area contributed by atoms with Crippen molar-refractivity contribution in [3.8, 4) is 11.5 Å². The Bertz CT molecular complexity index is 1350. The molecule has 0 radical (unpaired) electrons.